The number of aliphatic carboxylic acids is 1. The summed E-state index contributed by atoms with van der Waals surface area (Å²) in [7, 11) is 0. The van der Waals surface area contributed by atoms with Crippen molar-refractivity contribution < 1.29 is 14.7 Å². The van der Waals surface area contributed by atoms with E-state index < -0.39 is 11.9 Å². The zero-order valence-electron chi connectivity index (χ0n) is 10.3. The standard InChI is InChI=1S/C12H20N2O3/c1-9(12(16)17)11(15)14-6-4-13(5-7-14)8-10-2-3-10/h9-10H,2-8H2,1H3,(H,16,17). The van der Waals surface area contributed by atoms with Crippen molar-refractivity contribution >= 4 is 11.9 Å². The number of amides is 1. The highest BCUT2D eigenvalue weighted by Gasteiger charge is 2.30. The molecule has 1 aliphatic heterocycles. The largest absolute Gasteiger partial charge is 0.481 e. The Hall–Kier alpha value is -1.10. The van der Waals surface area contributed by atoms with Gasteiger partial charge >= 0.3 is 5.97 Å². The van der Waals surface area contributed by atoms with Crippen LogP contribution in [0.25, 0.3) is 0 Å². The molecule has 1 saturated heterocycles. The molecule has 2 rings (SSSR count). The highest BCUT2D eigenvalue weighted by atomic mass is 16.4. The molecule has 2 aliphatic rings. The summed E-state index contributed by atoms with van der Waals surface area (Å²) >= 11 is 0. The molecule has 0 aromatic heterocycles. The molecule has 5 heteroatoms. The summed E-state index contributed by atoms with van der Waals surface area (Å²) in [4.78, 5) is 26.6. The van der Waals surface area contributed by atoms with E-state index in [2.05, 4.69) is 4.90 Å². The Kier molecular flexibility index (Phi) is 3.66. The summed E-state index contributed by atoms with van der Waals surface area (Å²) in [6.07, 6.45) is 2.68. The van der Waals surface area contributed by atoms with Gasteiger partial charge in [-0.15, -0.1) is 0 Å². The summed E-state index contributed by atoms with van der Waals surface area (Å²) in [5, 5.41) is 8.80. The van der Waals surface area contributed by atoms with Crippen LogP contribution in [0.15, 0.2) is 0 Å². The van der Waals surface area contributed by atoms with Crippen molar-refractivity contribution in [1.82, 2.24) is 9.80 Å². The second-order valence-electron chi connectivity index (χ2n) is 5.13. The Morgan fingerprint density at radius 2 is 1.82 bits per heavy atom. The number of nitrogens with zero attached hydrogens (tertiary/aromatic N) is 2. The lowest BCUT2D eigenvalue weighted by Gasteiger charge is -2.35. The molecule has 0 aromatic rings. The highest BCUT2D eigenvalue weighted by molar-refractivity contribution is 5.96. The third-order valence-corrected chi connectivity index (χ3v) is 3.64. The van der Waals surface area contributed by atoms with Crippen LogP contribution in [0.2, 0.25) is 0 Å². The zero-order chi connectivity index (χ0) is 12.4. The van der Waals surface area contributed by atoms with Gasteiger partial charge in [-0.25, -0.2) is 0 Å². The lowest BCUT2D eigenvalue weighted by atomic mass is 10.1. The summed E-state index contributed by atoms with van der Waals surface area (Å²) in [6.45, 7) is 5.72. The molecule has 0 aromatic carbocycles. The molecule has 0 spiro atoms. The number of rotatable bonds is 4. The molecule has 1 amide bonds. The average molecular weight is 240 g/mol. The van der Waals surface area contributed by atoms with Crippen molar-refractivity contribution in [1.29, 1.82) is 0 Å². The molecule has 1 heterocycles. The first-order chi connectivity index (χ1) is 8.08. The zero-order valence-corrected chi connectivity index (χ0v) is 10.3. The predicted molar refractivity (Wildman–Crippen MR) is 62.5 cm³/mol. The fourth-order valence-corrected chi connectivity index (χ4v) is 2.20. The number of hydrogen-bond donors (Lipinski definition) is 1. The van der Waals surface area contributed by atoms with Crippen LogP contribution in [0.1, 0.15) is 19.8 Å². The number of carboxylic acids is 1. The van der Waals surface area contributed by atoms with Crippen LogP contribution in [-0.2, 0) is 9.59 Å². The quantitative estimate of drug-likeness (QED) is 0.716. The van der Waals surface area contributed by atoms with E-state index in [-0.39, 0.29) is 5.91 Å². The Labute approximate surface area is 101 Å². The van der Waals surface area contributed by atoms with Gasteiger partial charge in [0.1, 0.15) is 5.92 Å². The minimum atomic E-state index is -1.03. The van der Waals surface area contributed by atoms with Crippen molar-refractivity contribution in [3.63, 3.8) is 0 Å². The van der Waals surface area contributed by atoms with E-state index in [0.29, 0.717) is 13.1 Å². The molecule has 2 fully saturated rings. The van der Waals surface area contributed by atoms with Gasteiger partial charge < -0.3 is 10.0 Å². The molecule has 1 N–H and O–H groups in total. The van der Waals surface area contributed by atoms with Gasteiger partial charge in [-0.05, 0) is 25.7 Å². The fraction of sp³-hybridized carbons (Fsp3) is 0.833. The molecule has 0 radical (unpaired) electrons. The monoisotopic (exact) mass is 240 g/mol. The van der Waals surface area contributed by atoms with Crippen LogP contribution in [0.4, 0.5) is 0 Å². The van der Waals surface area contributed by atoms with E-state index in [1.54, 1.807) is 4.90 Å². The minimum Gasteiger partial charge on any atom is -0.481 e. The second-order valence-corrected chi connectivity index (χ2v) is 5.13. The van der Waals surface area contributed by atoms with Gasteiger partial charge in [0.05, 0.1) is 0 Å². The molecular formula is C12H20N2O3. The lowest BCUT2D eigenvalue weighted by Crippen LogP contribution is -2.51. The van der Waals surface area contributed by atoms with Gasteiger partial charge in [0.15, 0.2) is 0 Å². The van der Waals surface area contributed by atoms with Crippen LogP contribution in [-0.4, -0.2) is 59.5 Å². The Balaban J connectivity index is 1.77. The van der Waals surface area contributed by atoms with Gasteiger partial charge in [-0.1, -0.05) is 0 Å². The maximum atomic E-state index is 11.8. The Bertz CT molecular complexity index is 307. The van der Waals surface area contributed by atoms with Gasteiger partial charge in [-0.2, -0.15) is 0 Å². The summed E-state index contributed by atoms with van der Waals surface area (Å²) in [6, 6.07) is 0. The van der Waals surface area contributed by atoms with E-state index in [4.69, 9.17) is 5.11 Å². The normalized spacial score (nSPS) is 23.5. The summed E-state index contributed by atoms with van der Waals surface area (Å²) < 4.78 is 0. The Morgan fingerprint density at radius 1 is 1.24 bits per heavy atom. The highest BCUT2D eigenvalue weighted by Crippen LogP contribution is 2.29. The molecule has 5 nitrogen and oxygen atoms in total. The molecule has 17 heavy (non-hydrogen) atoms. The second kappa shape index (κ2) is 5.04. The van der Waals surface area contributed by atoms with Gasteiger partial charge in [0.25, 0.3) is 0 Å². The SMILES string of the molecule is CC(C(=O)O)C(=O)N1CCN(CC2CC2)CC1. The number of carboxylic acid groups (broad SMARTS) is 1. The van der Waals surface area contributed by atoms with Crippen LogP contribution in [0.3, 0.4) is 0 Å². The first-order valence-electron chi connectivity index (χ1n) is 6.32. The van der Waals surface area contributed by atoms with Crippen LogP contribution in [0, 0.1) is 11.8 Å². The molecule has 0 bridgehead atoms. The number of carbonyl (C=O) groups excluding carboxylic acids is 1. The van der Waals surface area contributed by atoms with Crippen molar-refractivity contribution in [3.05, 3.63) is 0 Å². The van der Waals surface area contributed by atoms with E-state index in [1.807, 2.05) is 0 Å². The Morgan fingerprint density at radius 3 is 2.29 bits per heavy atom. The average Bonchev–Trinajstić information content (AvgIpc) is 3.12. The first kappa shape index (κ1) is 12.4. The van der Waals surface area contributed by atoms with Crippen molar-refractivity contribution in [2.75, 3.05) is 32.7 Å². The topological polar surface area (TPSA) is 60.9 Å². The summed E-state index contributed by atoms with van der Waals surface area (Å²) in [5.41, 5.74) is 0. The molecule has 1 atom stereocenters. The van der Waals surface area contributed by atoms with E-state index >= 15 is 0 Å². The predicted octanol–water partition coefficient (Wildman–Crippen LogP) is 0.261. The number of piperazine rings is 1. The third kappa shape index (κ3) is 3.19. The molecule has 1 saturated carbocycles. The van der Waals surface area contributed by atoms with Gasteiger partial charge in [0, 0.05) is 32.7 Å². The molecule has 96 valence electrons. The van der Waals surface area contributed by atoms with Crippen LogP contribution in [0.5, 0.6) is 0 Å². The van der Waals surface area contributed by atoms with Crippen molar-refractivity contribution in [2.24, 2.45) is 11.8 Å². The van der Waals surface area contributed by atoms with Crippen molar-refractivity contribution in [2.45, 2.75) is 19.8 Å². The number of carbonyl (C=O) groups is 2. The maximum absolute atomic E-state index is 11.8. The first-order valence-corrected chi connectivity index (χ1v) is 6.32. The minimum absolute atomic E-state index is 0.247. The maximum Gasteiger partial charge on any atom is 0.315 e. The smallest absolute Gasteiger partial charge is 0.315 e. The van der Waals surface area contributed by atoms with E-state index in [1.165, 1.54) is 19.8 Å². The van der Waals surface area contributed by atoms with Gasteiger partial charge in [0.2, 0.25) is 5.91 Å². The number of hydrogen-bond acceptors (Lipinski definition) is 3. The fourth-order valence-electron chi connectivity index (χ4n) is 2.20. The van der Waals surface area contributed by atoms with Crippen LogP contribution >= 0.6 is 0 Å². The van der Waals surface area contributed by atoms with Gasteiger partial charge in [-0.3, -0.25) is 14.5 Å². The van der Waals surface area contributed by atoms with Crippen LogP contribution < -0.4 is 0 Å². The summed E-state index contributed by atoms with van der Waals surface area (Å²) in [5.74, 6) is -1.32. The van der Waals surface area contributed by atoms with E-state index in [9.17, 15) is 9.59 Å². The van der Waals surface area contributed by atoms with E-state index in [0.717, 1.165) is 25.6 Å². The molecular weight excluding hydrogens is 220 g/mol. The third-order valence-electron chi connectivity index (χ3n) is 3.64. The molecule has 1 aliphatic carbocycles. The lowest BCUT2D eigenvalue weighted by molar-refractivity contribution is -0.151. The molecule has 1 unspecified atom stereocenters. The van der Waals surface area contributed by atoms with Crippen molar-refractivity contribution in [3.8, 4) is 0 Å².